The summed E-state index contributed by atoms with van der Waals surface area (Å²) in [4.78, 5) is 29.4. The third-order valence-electron chi connectivity index (χ3n) is 6.60. The second-order valence-corrected chi connectivity index (χ2v) is 9.26. The molecule has 2 aromatic carbocycles. The summed E-state index contributed by atoms with van der Waals surface area (Å²) in [6.45, 7) is 14.5. The fraction of sp³-hybridized carbons (Fsp3) is 0.531. The topological polar surface area (TPSA) is 70.0 Å². The van der Waals surface area contributed by atoms with Gasteiger partial charge in [-0.05, 0) is 87.3 Å². The molecule has 0 spiro atoms. The summed E-state index contributed by atoms with van der Waals surface area (Å²) in [5.41, 5.74) is 3.11. The van der Waals surface area contributed by atoms with E-state index in [9.17, 15) is 19.1 Å². The van der Waals surface area contributed by atoms with Crippen molar-refractivity contribution in [2.45, 2.75) is 98.5 Å². The first-order valence-corrected chi connectivity index (χ1v) is 14.1. The highest BCUT2D eigenvalue weighted by Gasteiger charge is 2.36. The fourth-order valence-corrected chi connectivity index (χ4v) is 4.18. The first kappa shape index (κ1) is 33.2. The van der Waals surface area contributed by atoms with E-state index >= 15 is 0 Å². The zero-order valence-electron chi connectivity index (χ0n) is 24.4. The normalized spacial score (nSPS) is 18.0. The summed E-state index contributed by atoms with van der Waals surface area (Å²) >= 11 is 0. The van der Waals surface area contributed by atoms with E-state index < -0.39 is 5.60 Å². The standard InChI is InChI=1S/C15H20FNO2.C13H15NO.2C2H6/c1-2-15(19)9-10-17(11-15)14(18)8-5-12-3-6-13(16)7-4-12;1-3-14-13-8-11(10-4-5-10)6-7-12(13)9(2)15;2*1-2/h3-4,6-7,19H,2,5,8-11H2,1H3;3,6-8,10H,4-5H2,1-2H3;2*1-2H3. The number of Topliss-reactive ketones (excluding diaryl/α,β-unsaturated/α-hetero) is 1. The number of aliphatic hydroxyl groups is 1. The van der Waals surface area contributed by atoms with Crippen LogP contribution in [0, 0.1) is 5.82 Å². The number of likely N-dealkylation sites (tertiary alicyclic amines) is 1. The maximum Gasteiger partial charge on any atom is 0.223 e. The minimum Gasteiger partial charge on any atom is -0.388 e. The average molecular weight is 527 g/mol. The maximum absolute atomic E-state index is 12.8. The number of halogens is 1. The van der Waals surface area contributed by atoms with Crippen LogP contribution < -0.4 is 0 Å². The molecule has 0 radical (unpaired) electrons. The quantitative estimate of drug-likeness (QED) is 0.297. The van der Waals surface area contributed by atoms with Gasteiger partial charge in [0.1, 0.15) is 5.82 Å². The molecule has 6 heteroatoms. The van der Waals surface area contributed by atoms with Gasteiger partial charge >= 0.3 is 0 Å². The highest BCUT2D eigenvalue weighted by Crippen LogP contribution is 2.41. The summed E-state index contributed by atoms with van der Waals surface area (Å²) < 4.78 is 12.8. The van der Waals surface area contributed by atoms with E-state index in [2.05, 4.69) is 17.1 Å². The highest BCUT2D eigenvalue weighted by molar-refractivity contribution is 5.99. The number of hydrogen-bond donors (Lipinski definition) is 1. The highest BCUT2D eigenvalue weighted by atomic mass is 19.1. The Morgan fingerprint density at radius 3 is 2.24 bits per heavy atom. The molecule has 1 atom stereocenters. The van der Waals surface area contributed by atoms with Crippen LogP contribution in [0.3, 0.4) is 0 Å². The van der Waals surface area contributed by atoms with Crippen LogP contribution in [0.15, 0.2) is 47.5 Å². The van der Waals surface area contributed by atoms with Crippen LogP contribution in [0.2, 0.25) is 0 Å². The molecule has 0 aromatic heterocycles. The lowest BCUT2D eigenvalue weighted by atomic mass is 10.0. The van der Waals surface area contributed by atoms with E-state index in [1.165, 1.54) is 30.5 Å². The Kier molecular flexibility index (Phi) is 14.7. The number of β-amino-alcohol motifs (C(OH)–C–C–N with tert-alkyl or cyclic N) is 1. The lowest BCUT2D eigenvalue weighted by Gasteiger charge is -2.21. The molecule has 210 valence electrons. The second-order valence-electron chi connectivity index (χ2n) is 9.26. The maximum atomic E-state index is 12.8. The number of amides is 1. The Morgan fingerprint density at radius 2 is 1.74 bits per heavy atom. The molecule has 1 saturated heterocycles. The number of rotatable bonds is 7. The van der Waals surface area contributed by atoms with E-state index in [1.807, 2.05) is 47.6 Å². The molecular formula is C32H47FN2O3. The summed E-state index contributed by atoms with van der Waals surface area (Å²) in [5, 5.41) is 10.1. The number of nitrogens with zero attached hydrogens (tertiary/aromatic N) is 2. The van der Waals surface area contributed by atoms with Gasteiger partial charge in [-0.2, -0.15) is 0 Å². The van der Waals surface area contributed by atoms with Gasteiger partial charge in [0.2, 0.25) is 5.91 Å². The van der Waals surface area contributed by atoms with Crippen LogP contribution in [-0.4, -0.2) is 46.6 Å². The van der Waals surface area contributed by atoms with Gasteiger partial charge in [0.05, 0.1) is 11.3 Å². The molecule has 1 saturated carbocycles. The van der Waals surface area contributed by atoms with Gasteiger partial charge in [0.15, 0.2) is 5.78 Å². The first-order valence-electron chi connectivity index (χ1n) is 14.1. The molecule has 1 aliphatic heterocycles. The van der Waals surface area contributed by atoms with Crippen molar-refractivity contribution in [3.05, 3.63) is 65.0 Å². The van der Waals surface area contributed by atoms with Crippen molar-refractivity contribution >= 4 is 23.6 Å². The van der Waals surface area contributed by atoms with Crippen molar-refractivity contribution in [1.29, 1.82) is 0 Å². The predicted octanol–water partition coefficient (Wildman–Crippen LogP) is 7.67. The van der Waals surface area contributed by atoms with Gasteiger partial charge in [-0.25, -0.2) is 4.39 Å². The Hall–Kier alpha value is -2.86. The summed E-state index contributed by atoms with van der Waals surface area (Å²) in [5.74, 6) is 0.589. The third kappa shape index (κ3) is 10.5. The average Bonchev–Trinajstić information content (AvgIpc) is 3.72. The van der Waals surface area contributed by atoms with Crippen LogP contribution in [0.25, 0.3) is 0 Å². The number of benzene rings is 2. The van der Waals surface area contributed by atoms with Crippen molar-refractivity contribution in [1.82, 2.24) is 4.90 Å². The Labute approximate surface area is 229 Å². The summed E-state index contributed by atoms with van der Waals surface area (Å²) in [6, 6.07) is 12.2. The van der Waals surface area contributed by atoms with Gasteiger partial charge in [0.25, 0.3) is 0 Å². The largest absolute Gasteiger partial charge is 0.388 e. The molecule has 38 heavy (non-hydrogen) atoms. The molecule has 0 bridgehead atoms. The molecule has 2 fully saturated rings. The van der Waals surface area contributed by atoms with Gasteiger partial charge < -0.3 is 10.0 Å². The molecule has 1 aliphatic carbocycles. The van der Waals surface area contributed by atoms with Crippen molar-refractivity contribution < 1.29 is 19.1 Å². The minimum atomic E-state index is -0.703. The molecule has 1 amide bonds. The van der Waals surface area contributed by atoms with Gasteiger partial charge in [-0.15, -0.1) is 0 Å². The van der Waals surface area contributed by atoms with Gasteiger partial charge in [-0.3, -0.25) is 14.6 Å². The van der Waals surface area contributed by atoms with E-state index in [0.29, 0.717) is 44.7 Å². The zero-order valence-corrected chi connectivity index (χ0v) is 24.4. The van der Waals surface area contributed by atoms with E-state index in [1.54, 1.807) is 30.2 Å². The smallest absolute Gasteiger partial charge is 0.223 e. The number of ketones is 1. The van der Waals surface area contributed by atoms with E-state index in [-0.39, 0.29) is 17.5 Å². The van der Waals surface area contributed by atoms with Crippen molar-refractivity contribution in [2.75, 3.05) is 13.1 Å². The zero-order chi connectivity index (χ0) is 28.7. The molecule has 1 N–H and O–H groups in total. The molecular weight excluding hydrogens is 479 g/mol. The van der Waals surface area contributed by atoms with Crippen LogP contribution >= 0.6 is 0 Å². The number of hydrogen-bond acceptors (Lipinski definition) is 4. The van der Waals surface area contributed by atoms with Crippen LogP contribution in [0.5, 0.6) is 0 Å². The molecule has 1 unspecified atom stereocenters. The molecule has 1 heterocycles. The summed E-state index contributed by atoms with van der Waals surface area (Å²) in [6.07, 6.45) is 6.63. The molecule has 5 nitrogen and oxygen atoms in total. The van der Waals surface area contributed by atoms with Crippen LogP contribution in [-0.2, 0) is 11.2 Å². The number of aryl methyl sites for hydroxylation is 1. The Bertz CT molecular complexity index is 1030. The number of carbonyl (C=O) groups is 2. The molecule has 2 aliphatic rings. The molecule has 4 rings (SSSR count). The SMILES string of the molecule is CC.CC.CC=Nc1cc(C2CC2)ccc1C(C)=O.CCC1(O)CCN(C(=O)CCc2ccc(F)cc2)C1. The third-order valence-corrected chi connectivity index (χ3v) is 6.60. The van der Waals surface area contributed by atoms with Crippen LogP contribution in [0.1, 0.15) is 108 Å². The minimum absolute atomic E-state index is 0.0636. The van der Waals surface area contributed by atoms with Gasteiger partial charge in [-0.1, -0.05) is 52.8 Å². The lowest BCUT2D eigenvalue weighted by Crippen LogP contribution is -2.35. The van der Waals surface area contributed by atoms with Crippen molar-refractivity contribution in [3.8, 4) is 0 Å². The summed E-state index contributed by atoms with van der Waals surface area (Å²) in [7, 11) is 0. The molecule has 2 aromatic rings. The van der Waals surface area contributed by atoms with E-state index in [0.717, 1.165) is 16.8 Å². The van der Waals surface area contributed by atoms with E-state index in [4.69, 9.17) is 0 Å². The predicted molar refractivity (Wildman–Crippen MR) is 156 cm³/mol. The second kappa shape index (κ2) is 16.9. The fourth-order valence-electron chi connectivity index (χ4n) is 4.18. The first-order chi connectivity index (χ1) is 18.2. The Balaban J connectivity index is 0.000000343. The number of aliphatic imine (C=N–C) groups is 1. The lowest BCUT2D eigenvalue weighted by molar-refractivity contribution is -0.131. The monoisotopic (exact) mass is 526 g/mol. The number of carbonyl (C=O) groups excluding carboxylic acids is 2. The van der Waals surface area contributed by atoms with Gasteiger partial charge in [0, 0.05) is 31.3 Å². The van der Waals surface area contributed by atoms with Crippen LogP contribution in [0.4, 0.5) is 10.1 Å². The van der Waals surface area contributed by atoms with Crippen molar-refractivity contribution in [3.63, 3.8) is 0 Å². The Morgan fingerprint density at radius 1 is 1.11 bits per heavy atom. The van der Waals surface area contributed by atoms with Crippen molar-refractivity contribution in [2.24, 2.45) is 4.99 Å².